The van der Waals surface area contributed by atoms with Crippen molar-refractivity contribution in [2.24, 2.45) is 23.1 Å². The summed E-state index contributed by atoms with van der Waals surface area (Å²) in [7, 11) is 0. The highest BCUT2D eigenvalue weighted by atomic mass is 16.4. The highest BCUT2D eigenvalue weighted by Crippen LogP contribution is 2.09. The number of carbonyl (C=O) groups excluding carboxylic acids is 8. The van der Waals surface area contributed by atoms with Crippen molar-refractivity contribution in [1.29, 1.82) is 0 Å². The normalized spacial score (nSPS) is 14.8. The Morgan fingerprint density at radius 1 is 0.424 bits per heavy atom. The lowest BCUT2D eigenvalue weighted by molar-refractivity contribution is -0.142. The zero-order valence-electron chi connectivity index (χ0n) is 38.4. The molecule has 0 aromatic rings. The van der Waals surface area contributed by atoms with Gasteiger partial charge in [0.1, 0.15) is 48.3 Å². The molecule has 0 aromatic heterocycles. The minimum Gasteiger partial charge on any atom is -0.481 e. The van der Waals surface area contributed by atoms with Gasteiger partial charge in [-0.1, -0.05) is 6.92 Å². The standard InChI is InChI=1S/C43H71N11O12/c1-7-15-29(52-41(63)31(17-9-12-22-44)50-36(58)26(4)47-35(57)25(3)20-21-34(55)56)39(61)48-27(5)37(59)51-32(18-10-13-23-45)42(64)53-30(16-8-2)40(62)49-28(6)38(60)54-33(43(65)66)19-11-14-24-46/h1-2,25-33H,9-24,44-46H2,3-6H3,(H,47,57)(H,48,61)(H,49,62)(H,50,58)(H,51,59)(H,52,63)(H,53,64)(H,54,60)(H,55,56)(H,65,66)/t25-,26-,27-,28-,29-,30-,31-,32-,33-/m0/s1. The molecule has 16 N–H and O–H groups in total. The number of aliphatic carboxylic acids is 2. The van der Waals surface area contributed by atoms with Crippen molar-refractivity contribution in [2.45, 2.75) is 160 Å². The molecule has 66 heavy (non-hydrogen) atoms. The fourth-order valence-electron chi connectivity index (χ4n) is 6.01. The number of carboxylic acid groups (broad SMARTS) is 2. The van der Waals surface area contributed by atoms with Gasteiger partial charge in [-0.2, -0.15) is 0 Å². The third-order valence-electron chi connectivity index (χ3n) is 10.1. The zero-order chi connectivity index (χ0) is 50.4. The molecule has 0 aromatic carbocycles. The zero-order valence-corrected chi connectivity index (χ0v) is 38.4. The second-order valence-corrected chi connectivity index (χ2v) is 15.8. The van der Waals surface area contributed by atoms with E-state index in [4.69, 9.17) is 35.2 Å². The molecule has 0 saturated heterocycles. The third-order valence-corrected chi connectivity index (χ3v) is 10.1. The van der Waals surface area contributed by atoms with Crippen LogP contribution < -0.4 is 59.7 Å². The maximum Gasteiger partial charge on any atom is 0.326 e. The Morgan fingerprint density at radius 3 is 1.05 bits per heavy atom. The van der Waals surface area contributed by atoms with E-state index in [0.717, 1.165) is 0 Å². The smallest absolute Gasteiger partial charge is 0.326 e. The lowest BCUT2D eigenvalue weighted by Crippen LogP contribution is -2.59. The van der Waals surface area contributed by atoms with Crippen LogP contribution in [0, 0.1) is 30.6 Å². The van der Waals surface area contributed by atoms with Crippen LogP contribution >= 0.6 is 0 Å². The van der Waals surface area contributed by atoms with Crippen LogP contribution in [0.3, 0.4) is 0 Å². The van der Waals surface area contributed by atoms with E-state index in [1.54, 1.807) is 0 Å². The summed E-state index contributed by atoms with van der Waals surface area (Å²) in [5, 5.41) is 38.2. The van der Waals surface area contributed by atoms with Crippen molar-refractivity contribution in [3.63, 3.8) is 0 Å². The van der Waals surface area contributed by atoms with Gasteiger partial charge in [0.05, 0.1) is 0 Å². The summed E-state index contributed by atoms with van der Waals surface area (Å²) in [6, 6.07) is -10.2. The van der Waals surface area contributed by atoms with E-state index >= 15 is 0 Å². The number of terminal acetylenes is 2. The largest absolute Gasteiger partial charge is 0.481 e. The molecular weight excluding hydrogens is 863 g/mol. The molecule has 0 unspecified atom stereocenters. The molecule has 23 nitrogen and oxygen atoms in total. The Bertz CT molecular complexity index is 1730. The van der Waals surface area contributed by atoms with Crippen LogP contribution in [0.25, 0.3) is 0 Å². The van der Waals surface area contributed by atoms with E-state index in [0.29, 0.717) is 45.1 Å². The van der Waals surface area contributed by atoms with Crippen molar-refractivity contribution < 1.29 is 58.2 Å². The number of hydrogen-bond acceptors (Lipinski definition) is 13. The first-order chi connectivity index (χ1) is 31.2. The van der Waals surface area contributed by atoms with E-state index < -0.39 is 113 Å². The van der Waals surface area contributed by atoms with Crippen LogP contribution in [0.4, 0.5) is 0 Å². The molecule has 8 amide bonds. The summed E-state index contributed by atoms with van der Waals surface area (Å²) >= 11 is 0. The molecular formula is C43H71N11O12. The molecule has 0 spiro atoms. The fraction of sp³-hybridized carbons (Fsp3) is 0.674. The van der Waals surface area contributed by atoms with Crippen molar-refractivity contribution in [1.82, 2.24) is 42.5 Å². The number of amides is 8. The second-order valence-electron chi connectivity index (χ2n) is 15.8. The average Bonchev–Trinajstić information content (AvgIpc) is 3.26. The second kappa shape index (κ2) is 33.2. The number of nitrogens with two attached hydrogens (primary N) is 3. The summed E-state index contributed by atoms with van der Waals surface area (Å²) in [6.45, 7) is 6.39. The van der Waals surface area contributed by atoms with E-state index in [2.05, 4.69) is 54.4 Å². The molecule has 0 saturated carbocycles. The van der Waals surface area contributed by atoms with Crippen LogP contribution in [0.1, 0.15) is 111 Å². The van der Waals surface area contributed by atoms with Gasteiger partial charge >= 0.3 is 11.9 Å². The van der Waals surface area contributed by atoms with Gasteiger partial charge in [-0.25, -0.2) is 4.79 Å². The summed E-state index contributed by atoms with van der Waals surface area (Å²) < 4.78 is 0. The Balaban J connectivity index is 5.93. The minimum absolute atomic E-state index is 0.0398. The first kappa shape index (κ1) is 59.7. The van der Waals surface area contributed by atoms with Gasteiger partial charge in [-0.3, -0.25) is 43.2 Å². The molecule has 23 heteroatoms. The number of rotatable bonds is 34. The van der Waals surface area contributed by atoms with E-state index in [1.807, 2.05) is 0 Å². The number of hydrogen-bond donors (Lipinski definition) is 13. The van der Waals surface area contributed by atoms with Crippen molar-refractivity contribution >= 4 is 59.2 Å². The lowest BCUT2D eigenvalue weighted by Gasteiger charge is -2.26. The van der Waals surface area contributed by atoms with Crippen LogP contribution in [0.15, 0.2) is 0 Å². The van der Waals surface area contributed by atoms with Gasteiger partial charge in [0.2, 0.25) is 47.3 Å². The molecule has 0 aliphatic heterocycles. The maximum absolute atomic E-state index is 13.6. The Hall–Kier alpha value is -6.30. The SMILES string of the molecule is C#CC[C@H](NC(=O)[C@H](CCCCN)NC(=O)[C@H](C)NC(=O)[C@H](CC#C)NC(=O)[C@H](CCCCN)NC(=O)[C@H](C)NC(=O)[C@@H](C)CCC(=O)O)C(=O)N[C@@H](C)C(=O)N[C@@H](CCCCN)C(=O)O. The number of carboxylic acids is 2. The average molecular weight is 934 g/mol. The van der Waals surface area contributed by atoms with Gasteiger partial charge in [0.15, 0.2) is 0 Å². The molecule has 0 aliphatic rings. The van der Waals surface area contributed by atoms with Crippen LogP contribution in [0.5, 0.6) is 0 Å². The summed E-state index contributed by atoms with van der Waals surface area (Å²) in [6.07, 6.45) is 13.0. The molecule has 0 rings (SSSR count). The van der Waals surface area contributed by atoms with Gasteiger partial charge < -0.3 is 69.9 Å². The van der Waals surface area contributed by atoms with Crippen molar-refractivity contribution in [3.05, 3.63) is 0 Å². The first-order valence-electron chi connectivity index (χ1n) is 22.0. The molecule has 0 bridgehead atoms. The lowest BCUT2D eigenvalue weighted by atomic mass is 10.0. The Kier molecular flexibility index (Phi) is 30.0. The van der Waals surface area contributed by atoms with E-state index in [9.17, 15) is 53.1 Å². The Labute approximate surface area is 386 Å². The van der Waals surface area contributed by atoms with Gasteiger partial charge in [-0.05, 0) is 105 Å². The van der Waals surface area contributed by atoms with Gasteiger partial charge in [-0.15, -0.1) is 24.7 Å². The molecule has 0 heterocycles. The van der Waals surface area contributed by atoms with Crippen LogP contribution in [0.2, 0.25) is 0 Å². The summed E-state index contributed by atoms with van der Waals surface area (Å²) in [5.41, 5.74) is 16.7. The topological polar surface area (TPSA) is 385 Å². The van der Waals surface area contributed by atoms with Crippen LogP contribution in [-0.2, 0) is 47.9 Å². The predicted octanol–water partition coefficient (Wildman–Crippen LogP) is -3.06. The first-order valence-corrected chi connectivity index (χ1v) is 22.0. The molecule has 0 radical (unpaired) electrons. The molecule has 370 valence electrons. The van der Waals surface area contributed by atoms with E-state index in [1.165, 1.54) is 27.7 Å². The van der Waals surface area contributed by atoms with E-state index in [-0.39, 0.29) is 58.0 Å². The van der Waals surface area contributed by atoms with Crippen molar-refractivity contribution in [2.75, 3.05) is 19.6 Å². The predicted molar refractivity (Wildman–Crippen MR) is 242 cm³/mol. The fourth-order valence-corrected chi connectivity index (χ4v) is 6.01. The number of carbonyl (C=O) groups is 10. The highest BCUT2D eigenvalue weighted by Gasteiger charge is 2.33. The minimum atomic E-state index is -1.40. The van der Waals surface area contributed by atoms with Gasteiger partial charge in [0.25, 0.3) is 0 Å². The van der Waals surface area contributed by atoms with Crippen molar-refractivity contribution in [3.8, 4) is 24.7 Å². The van der Waals surface area contributed by atoms with Gasteiger partial charge in [0, 0.05) is 25.2 Å². The molecule has 0 fully saturated rings. The Morgan fingerprint density at radius 2 is 0.727 bits per heavy atom. The van der Waals surface area contributed by atoms with Crippen LogP contribution in [-0.4, -0.2) is 137 Å². The highest BCUT2D eigenvalue weighted by molar-refractivity contribution is 5.98. The maximum atomic E-state index is 13.6. The summed E-state index contributed by atoms with van der Waals surface area (Å²) in [4.78, 5) is 128. The number of nitrogens with one attached hydrogen (secondary N) is 8. The summed E-state index contributed by atoms with van der Waals surface area (Å²) in [5.74, 6) is -4.84. The molecule has 9 atom stereocenters. The quantitative estimate of drug-likeness (QED) is 0.0225. The number of unbranched alkanes of at least 4 members (excludes halogenated alkanes) is 3. The molecule has 0 aliphatic carbocycles. The monoisotopic (exact) mass is 934 g/mol. The third kappa shape index (κ3) is 24.1.